The molecule has 0 bridgehead atoms. The van der Waals surface area contributed by atoms with Crippen LogP contribution in [0.3, 0.4) is 0 Å². The Morgan fingerprint density at radius 1 is 1.18 bits per heavy atom. The van der Waals surface area contributed by atoms with E-state index in [-0.39, 0.29) is 10.5 Å². The molecule has 8 heteroatoms. The zero-order chi connectivity index (χ0) is 16.3. The molecule has 5 nitrogen and oxygen atoms in total. The molecule has 2 N–H and O–H groups in total. The molecule has 22 heavy (non-hydrogen) atoms. The molecule has 0 saturated carbocycles. The molecule has 0 spiro atoms. The molecule has 0 saturated heterocycles. The van der Waals surface area contributed by atoms with E-state index in [9.17, 15) is 13.2 Å². The molecule has 0 fully saturated rings. The van der Waals surface area contributed by atoms with Crippen LogP contribution in [0.5, 0.6) is 0 Å². The molecule has 0 aromatic heterocycles. The highest BCUT2D eigenvalue weighted by molar-refractivity contribution is 9.10. The van der Waals surface area contributed by atoms with Gasteiger partial charge in [0.25, 0.3) is 5.91 Å². The van der Waals surface area contributed by atoms with Gasteiger partial charge in [-0.1, -0.05) is 17.7 Å². The Morgan fingerprint density at radius 3 is 2.55 bits per heavy atom. The Labute approximate surface area is 141 Å². The minimum atomic E-state index is -3.62. The summed E-state index contributed by atoms with van der Waals surface area (Å²) in [6.45, 7) is 0. The summed E-state index contributed by atoms with van der Waals surface area (Å²) < 4.78 is 26.3. The maximum atomic E-state index is 12.3. The lowest BCUT2D eigenvalue weighted by atomic mass is 10.2. The molecule has 116 valence electrons. The first kappa shape index (κ1) is 17.0. The quantitative estimate of drug-likeness (QED) is 0.823. The summed E-state index contributed by atoms with van der Waals surface area (Å²) in [5.74, 6) is -0.442. The zero-order valence-corrected chi connectivity index (χ0v) is 14.6. The van der Waals surface area contributed by atoms with Crippen LogP contribution in [0, 0.1) is 0 Å². The highest BCUT2D eigenvalue weighted by atomic mass is 79.9. The van der Waals surface area contributed by atoms with E-state index in [1.165, 1.54) is 25.2 Å². The third-order valence-electron chi connectivity index (χ3n) is 2.84. The topological polar surface area (TPSA) is 75.3 Å². The third-order valence-corrected chi connectivity index (χ3v) is 5.18. The summed E-state index contributed by atoms with van der Waals surface area (Å²) in [6.07, 6.45) is 0. The normalized spacial score (nSPS) is 11.2. The second kappa shape index (κ2) is 6.78. The molecule has 2 aromatic rings. The van der Waals surface area contributed by atoms with Gasteiger partial charge in [-0.15, -0.1) is 0 Å². The summed E-state index contributed by atoms with van der Waals surface area (Å²) in [5, 5.41) is 3.16. The second-order valence-corrected chi connectivity index (χ2v) is 7.49. The Kier molecular flexibility index (Phi) is 5.23. The van der Waals surface area contributed by atoms with Crippen LogP contribution in [-0.2, 0) is 10.0 Å². The van der Waals surface area contributed by atoms with Gasteiger partial charge in [0.1, 0.15) is 0 Å². The van der Waals surface area contributed by atoms with Crippen molar-refractivity contribution in [2.24, 2.45) is 0 Å². The SMILES string of the molecule is CNS(=O)(=O)c1ccc(Br)c(C(=O)Nc2cccc(Cl)c2)c1. The van der Waals surface area contributed by atoms with Gasteiger partial charge in [0, 0.05) is 15.2 Å². The number of carbonyl (C=O) groups excluding carboxylic acids is 1. The number of rotatable bonds is 4. The van der Waals surface area contributed by atoms with Crippen LogP contribution in [0.15, 0.2) is 51.8 Å². The summed E-state index contributed by atoms with van der Waals surface area (Å²) >= 11 is 9.11. The Hall–Kier alpha value is -1.41. The first-order valence-corrected chi connectivity index (χ1v) is 8.79. The van der Waals surface area contributed by atoms with Crippen LogP contribution in [0.1, 0.15) is 10.4 Å². The van der Waals surface area contributed by atoms with Crippen molar-refractivity contribution in [1.29, 1.82) is 0 Å². The van der Waals surface area contributed by atoms with Crippen LogP contribution in [-0.4, -0.2) is 21.4 Å². The van der Waals surface area contributed by atoms with E-state index in [4.69, 9.17) is 11.6 Å². The van der Waals surface area contributed by atoms with Gasteiger partial charge in [-0.3, -0.25) is 4.79 Å². The molecule has 2 aromatic carbocycles. The first-order chi connectivity index (χ1) is 10.3. The van der Waals surface area contributed by atoms with E-state index >= 15 is 0 Å². The van der Waals surface area contributed by atoms with Crippen molar-refractivity contribution in [3.63, 3.8) is 0 Å². The van der Waals surface area contributed by atoms with Crippen molar-refractivity contribution < 1.29 is 13.2 Å². The number of amides is 1. The molecule has 1 amide bonds. The number of sulfonamides is 1. The first-order valence-electron chi connectivity index (χ1n) is 6.13. The van der Waals surface area contributed by atoms with E-state index < -0.39 is 15.9 Å². The molecular weight excluding hydrogens is 392 g/mol. The molecule has 0 atom stereocenters. The molecule has 0 aliphatic carbocycles. The fraction of sp³-hybridized carbons (Fsp3) is 0.0714. The number of anilines is 1. The van der Waals surface area contributed by atoms with Crippen LogP contribution in [0.4, 0.5) is 5.69 Å². The van der Waals surface area contributed by atoms with E-state index in [1.807, 2.05) is 0 Å². The van der Waals surface area contributed by atoms with Crippen LogP contribution in [0.2, 0.25) is 5.02 Å². The largest absolute Gasteiger partial charge is 0.322 e. The van der Waals surface area contributed by atoms with Gasteiger partial charge in [0.2, 0.25) is 10.0 Å². The molecular formula is C14H12BrClN2O3S. The lowest BCUT2D eigenvalue weighted by Gasteiger charge is -2.09. The maximum absolute atomic E-state index is 12.3. The standard InChI is InChI=1S/C14H12BrClN2O3S/c1-17-22(20,21)11-5-6-13(15)12(8-11)14(19)18-10-4-2-3-9(16)7-10/h2-8,17H,1H3,(H,18,19). The lowest BCUT2D eigenvalue weighted by molar-refractivity contribution is 0.102. The molecule has 0 aliphatic heterocycles. The average molecular weight is 404 g/mol. The number of hydrogen-bond donors (Lipinski definition) is 2. The van der Waals surface area contributed by atoms with Crippen LogP contribution >= 0.6 is 27.5 Å². The zero-order valence-electron chi connectivity index (χ0n) is 11.4. The predicted octanol–water partition coefficient (Wildman–Crippen LogP) is 3.26. The molecule has 0 aliphatic rings. The maximum Gasteiger partial charge on any atom is 0.256 e. The monoisotopic (exact) mass is 402 g/mol. The van der Waals surface area contributed by atoms with E-state index in [0.717, 1.165) is 0 Å². The van der Waals surface area contributed by atoms with Crippen molar-refractivity contribution in [3.8, 4) is 0 Å². The number of halogens is 2. The Morgan fingerprint density at radius 2 is 1.91 bits per heavy atom. The van der Waals surface area contributed by atoms with Gasteiger partial charge in [-0.25, -0.2) is 13.1 Å². The smallest absolute Gasteiger partial charge is 0.256 e. The number of hydrogen-bond acceptors (Lipinski definition) is 3. The van der Waals surface area contributed by atoms with Crippen molar-refractivity contribution in [2.75, 3.05) is 12.4 Å². The van der Waals surface area contributed by atoms with Crippen molar-refractivity contribution >= 4 is 49.1 Å². The minimum absolute atomic E-state index is 0.00874. The van der Waals surface area contributed by atoms with Crippen molar-refractivity contribution in [2.45, 2.75) is 4.90 Å². The highest BCUT2D eigenvalue weighted by Gasteiger charge is 2.17. The van der Waals surface area contributed by atoms with Gasteiger partial charge in [-0.2, -0.15) is 0 Å². The number of benzene rings is 2. The lowest BCUT2D eigenvalue weighted by Crippen LogP contribution is -2.20. The highest BCUT2D eigenvalue weighted by Crippen LogP contribution is 2.23. The Balaban J connectivity index is 2.35. The number of nitrogens with one attached hydrogen (secondary N) is 2. The third kappa shape index (κ3) is 3.86. The molecule has 0 heterocycles. The summed E-state index contributed by atoms with van der Waals surface area (Å²) in [5.41, 5.74) is 0.725. The van der Waals surface area contributed by atoms with Gasteiger partial charge in [0.05, 0.1) is 10.5 Å². The predicted molar refractivity (Wildman–Crippen MR) is 89.8 cm³/mol. The van der Waals surface area contributed by atoms with Gasteiger partial charge in [-0.05, 0) is 59.4 Å². The number of carbonyl (C=O) groups is 1. The fourth-order valence-corrected chi connectivity index (χ4v) is 3.10. The summed E-state index contributed by atoms with van der Waals surface area (Å²) in [7, 11) is -2.31. The van der Waals surface area contributed by atoms with Gasteiger partial charge in [0.15, 0.2) is 0 Å². The minimum Gasteiger partial charge on any atom is -0.322 e. The fourth-order valence-electron chi connectivity index (χ4n) is 1.73. The van der Waals surface area contributed by atoms with Crippen molar-refractivity contribution in [3.05, 3.63) is 57.5 Å². The molecule has 2 rings (SSSR count). The average Bonchev–Trinajstić information content (AvgIpc) is 2.47. The summed E-state index contributed by atoms with van der Waals surface area (Å²) in [4.78, 5) is 12.3. The Bertz CT molecular complexity index is 825. The molecule has 0 unspecified atom stereocenters. The van der Waals surface area contributed by atoms with Crippen LogP contribution in [0.25, 0.3) is 0 Å². The van der Waals surface area contributed by atoms with E-state index in [1.54, 1.807) is 24.3 Å². The summed E-state index contributed by atoms with van der Waals surface area (Å²) in [6, 6.07) is 10.9. The molecule has 0 radical (unpaired) electrons. The van der Waals surface area contributed by atoms with Crippen molar-refractivity contribution in [1.82, 2.24) is 4.72 Å². The van der Waals surface area contributed by atoms with E-state index in [0.29, 0.717) is 15.2 Å². The van der Waals surface area contributed by atoms with Crippen LogP contribution < -0.4 is 10.0 Å². The van der Waals surface area contributed by atoms with Gasteiger partial charge >= 0.3 is 0 Å². The van der Waals surface area contributed by atoms with Gasteiger partial charge < -0.3 is 5.32 Å². The van der Waals surface area contributed by atoms with E-state index in [2.05, 4.69) is 26.0 Å². The second-order valence-electron chi connectivity index (χ2n) is 4.31.